The summed E-state index contributed by atoms with van der Waals surface area (Å²) < 4.78 is 0. The van der Waals surface area contributed by atoms with E-state index in [-0.39, 0.29) is 17.2 Å². The topological polar surface area (TPSA) is 87.7 Å². The van der Waals surface area contributed by atoms with Gasteiger partial charge >= 0.3 is 0 Å². The van der Waals surface area contributed by atoms with Crippen molar-refractivity contribution < 1.29 is 4.79 Å². The number of H-pyrrole nitrogens is 1. The molecule has 0 unspecified atom stereocenters. The number of amides is 1. The highest BCUT2D eigenvalue weighted by atomic mass is 32.2. The van der Waals surface area contributed by atoms with E-state index in [1.165, 1.54) is 12.1 Å². The van der Waals surface area contributed by atoms with Gasteiger partial charge in [-0.25, -0.2) is 5.10 Å². The zero-order valence-corrected chi connectivity index (χ0v) is 13.4. The minimum absolute atomic E-state index is 0.157. The largest absolute Gasteiger partial charge is 0.321 e. The average molecular weight is 338 g/mol. The number of rotatable bonds is 5. The van der Waals surface area contributed by atoms with Gasteiger partial charge in [0.2, 0.25) is 0 Å². The van der Waals surface area contributed by atoms with Crippen LogP contribution in [0.1, 0.15) is 16.1 Å². The van der Waals surface area contributed by atoms with Gasteiger partial charge in [-0.2, -0.15) is 5.10 Å². The molecule has 7 heteroatoms. The van der Waals surface area contributed by atoms with Gasteiger partial charge in [0.05, 0.1) is 0 Å². The summed E-state index contributed by atoms with van der Waals surface area (Å²) in [5, 5.41) is 8.66. The molecule has 0 saturated heterocycles. The van der Waals surface area contributed by atoms with Crippen LogP contribution < -0.4 is 10.9 Å². The summed E-state index contributed by atoms with van der Waals surface area (Å²) in [6, 6.07) is 14.1. The van der Waals surface area contributed by atoms with Crippen LogP contribution in [0.3, 0.4) is 0 Å². The number of hydrogen-bond donors (Lipinski definition) is 2. The minimum atomic E-state index is -0.373. The molecule has 1 amide bonds. The number of carbonyl (C=O) groups excluding carboxylic acids is 1. The zero-order chi connectivity index (χ0) is 16.8. The summed E-state index contributed by atoms with van der Waals surface area (Å²) in [6.07, 6.45) is 3.60. The third-order valence-corrected chi connectivity index (χ3v) is 4.24. The molecule has 0 aliphatic rings. The van der Waals surface area contributed by atoms with Gasteiger partial charge in [0.25, 0.3) is 11.5 Å². The van der Waals surface area contributed by atoms with E-state index in [0.717, 1.165) is 16.2 Å². The summed E-state index contributed by atoms with van der Waals surface area (Å²) in [4.78, 5) is 28.1. The Morgan fingerprint density at radius 2 is 1.96 bits per heavy atom. The number of carbonyl (C=O) groups is 1. The lowest BCUT2D eigenvalue weighted by atomic mass is 10.3. The van der Waals surface area contributed by atoms with Gasteiger partial charge < -0.3 is 5.32 Å². The third-order valence-electron chi connectivity index (χ3n) is 3.15. The summed E-state index contributed by atoms with van der Waals surface area (Å²) in [5.41, 5.74) is 1.63. The molecule has 2 heterocycles. The van der Waals surface area contributed by atoms with E-state index in [1.54, 1.807) is 18.0 Å². The van der Waals surface area contributed by atoms with Gasteiger partial charge in [-0.15, -0.1) is 11.8 Å². The first kappa shape index (κ1) is 15.9. The molecular formula is C17H14N4O2S. The van der Waals surface area contributed by atoms with E-state index in [4.69, 9.17) is 0 Å². The first-order valence-corrected chi connectivity index (χ1v) is 8.18. The molecule has 0 aliphatic heterocycles. The third kappa shape index (κ3) is 4.30. The number of thioether (sulfide) groups is 1. The van der Waals surface area contributed by atoms with Gasteiger partial charge in [-0.3, -0.25) is 14.6 Å². The summed E-state index contributed by atoms with van der Waals surface area (Å²) >= 11 is 1.69. The zero-order valence-electron chi connectivity index (χ0n) is 12.6. The molecule has 24 heavy (non-hydrogen) atoms. The molecule has 120 valence electrons. The maximum atomic E-state index is 12.0. The minimum Gasteiger partial charge on any atom is -0.321 e. The molecule has 0 fully saturated rings. The second kappa shape index (κ2) is 7.56. The molecule has 0 saturated carbocycles. The fourth-order valence-corrected chi connectivity index (χ4v) is 2.78. The molecular weight excluding hydrogens is 324 g/mol. The van der Waals surface area contributed by atoms with E-state index >= 15 is 0 Å². The fourth-order valence-electron chi connectivity index (χ4n) is 1.95. The fraction of sp³-hybridized carbons (Fsp3) is 0.0588. The molecule has 0 atom stereocenters. The monoisotopic (exact) mass is 338 g/mol. The predicted molar refractivity (Wildman–Crippen MR) is 93.1 cm³/mol. The van der Waals surface area contributed by atoms with Crippen LogP contribution in [0.5, 0.6) is 0 Å². The van der Waals surface area contributed by atoms with Crippen molar-refractivity contribution in [1.29, 1.82) is 0 Å². The van der Waals surface area contributed by atoms with Crippen molar-refractivity contribution in [1.82, 2.24) is 15.2 Å². The van der Waals surface area contributed by atoms with Gasteiger partial charge in [-0.05, 0) is 42.0 Å². The highest BCUT2D eigenvalue weighted by Gasteiger charge is 2.07. The second-order valence-corrected chi connectivity index (χ2v) is 5.98. The number of nitrogens with zero attached hydrogens (tertiary/aromatic N) is 2. The van der Waals surface area contributed by atoms with Crippen LogP contribution in [0.15, 0.2) is 70.6 Å². The van der Waals surface area contributed by atoms with Gasteiger partial charge in [0.1, 0.15) is 5.69 Å². The Balaban J connectivity index is 1.59. The SMILES string of the molecule is O=C(Nc1ccc(SCc2cccnc2)cc1)c1ccc(=O)[nH]n1. The van der Waals surface area contributed by atoms with Crippen LogP contribution in [0, 0.1) is 0 Å². The van der Waals surface area contributed by atoms with Gasteiger partial charge in [0, 0.05) is 34.8 Å². The van der Waals surface area contributed by atoms with Crippen molar-refractivity contribution in [3.8, 4) is 0 Å². The lowest BCUT2D eigenvalue weighted by Gasteiger charge is -2.06. The quantitative estimate of drug-likeness (QED) is 0.698. The van der Waals surface area contributed by atoms with E-state index in [0.29, 0.717) is 5.69 Å². The molecule has 1 aromatic carbocycles. The molecule has 3 aromatic rings. The Bertz CT molecular complexity index is 859. The maximum absolute atomic E-state index is 12.0. The highest BCUT2D eigenvalue weighted by molar-refractivity contribution is 7.98. The molecule has 6 nitrogen and oxygen atoms in total. The number of hydrogen-bond acceptors (Lipinski definition) is 5. The standard InChI is InChI=1S/C17H14N4O2S/c22-16-8-7-15(20-21-16)17(23)19-13-3-5-14(6-4-13)24-11-12-2-1-9-18-10-12/h1-10H,11H2,(H,19,23)(H,21,22). The molecule has 0 radical (unpaired) electrons. The Hall–Kier alpha value is -2.93. The Labute approximate surface area is 142 Å². The van der Waals surface area contributed by atoms with Crippen molar-refractivity contribution in [2.45, 2.75) is 10.6 Å². The molecule has 0 bridgehead atoms. The highest BCUT2D eigenvalue weighted by Crippen LogP contribution is 2.24. The van der Waals surface area contributed by atoms with E-state index < -0.39 is 0 Å². The number of pyridine rings is 1. The van der Waals surface area contributed by atoms with Crippen LogP contribution in [0.4, 0.5) is 5.69 Å². The average Bonchev–Trinajstić information content (AvgIpc) is 2.62. The Kier molecular flexibility index (Phi) is 5.02. The molecule has 2 N–H and O–H groups in total. The molecule has 0 spiro atoms. The summed E-state index contributed by atoms with van der Waals surface area (Å²) in [7, 11) is 0. The normalized spacial score (nSPS) is 10.3. The Morgan fingerprint density at radius 1 is 1.12 bits per heavy atom. The number of aromatic amines is 1. The number of nitrogens with one attached hydrogen (secondary N) is 2. The van der Waals surface area contributed by atoms with Crippen molar-refractivity contribution >= 4 is 23.4 Å². The lowest BCUT2D eigenvalue weighted by Crippen LogP contribution is -2.17. The van der Waals surface area contributed by atoms with Crippen molar-refractivity contribution in [2.24, 2.45) is 0 Å². The van der Waals surface area contributed by atoms with E-state index in [2.05, 4.69) is 20.5 Å². The van der Waals surface area contributed by atoms with Crippen LogP contribution in [-0.4, -0.2) is 21.1 Å². The van der Waals surface area contributed by atoms with Crippen LogP contribution >= 0.6 is 11.8 Å². The van der Waals surface area contributed by atoms with E-state index in [9.17, 15) is 9.59 Å². The smallest absolute Gasteiger partial charge is 0.276 e. The summed E-state index contributed by atoms with van der Waals surface area (Å²) in [6.45, 7) is 0. The Morgan fingerprint density at radius 3 is 2.62 bits per heavy atom. The van der Waals surface area contributed by atoms with Crippen molar-refractivity contribution in [3.63, 3.8) is 0 Å². The summed E-state index contributed by atoms with van der Waals surface area (Å²) in [5.74, 6) is 0.461. The van der Waals surface area contributed by atoms with Crippen molar-refractivity contribution in [2.75, 3.05) is 5.32 Å². The maximum Gasteiger partial charge on any atom is 0.276 e. The molecule has 2 aromatic heterocycles. The molecule has 3 rings (SSSR count). The predicted octanol–water partition coefficient (Wildman–Crippen LogP) is 2.71. The van der Waals surface area contributed by atoms with Crippen molar-refractivity contribution in [3.05, 3.63) is 82.5 Å². The number of benzene rings is 1. The molecule has 0 aliphatic carbocycles. The lowest BCUT2D eigenvalue weighted by molar-refractivity contribution is 0.102. The van der Waals surface area contributed by atoms with Crippen LogP contribution in [-0.2, 0) is 5.75 Å². The second-order valence-electron chi connectivity index (χ2n) is 4.93. The number of aromatic nitrogens is 3. The van der Waals surface area contributed by atoms with Crippen LogP contribution in [0.2, 0.25) is 0 Å². The van der Waals surface area contributed by atoms with Crippen LogP contribution in [0.25, 0.3) is 0 Å². The van der Waals surface area contributed by atoms with E-state index in [1.807, 2.05) is 42.6 Å². The first-order valence-electron chi connectivity index (χ1n) is 7.19. The number of anilines is 1. The first-order chi connectivity index (χ1) is 11.7. The van der Waals surface area contributed by atoms with Gasteiger partial charge in [0.15, 0.2) is 0 Å². The van der Waals surface area contributed by atoms with Gasteiger partial charge in [-0.1, -0.05) is 6.07 Å².